The minimum Gasteiger partial charge on any atom is -0.439 e. The number of halogens is 1. The second kappa shape index (κ2) is 7.72. The third kappa shape index (κ3) is 4.05. The quantitative estimate of drug-likeness (QED) is 0.875. The molecule has 4 nitrogen and oxygen atoms in total. The van der Waals surface area contributed by atoms with Gasteiger partial charge in [-0.25, -0.2) is 9.37 Å². The van der Waals surface area contributed by atoms with Gasteiger partial charge in [-0.2, -0.15) is 0 Å². The Labute approximate surface area is 154 Å². The van der Waals surface area contributed by atoms with E-state index in [9.17, 15) is 4.39 Å². The van der Waals surface area contributed by atoms with E-state index in [2.05, 4.69) is 22.2 Å². The summed E-state index contributed by atoms with van der Waals surface area (Å²) in [6.45, 7) is 0.831. The van der Waals surface area contributed by atoms with Crippen LogP contribution < -0.4 is 10.1 Å². The highest BCUT2D eigenvalue weighted by Crippen LogP contribution is 2.32. The van der Waals surface area contributed by atoms with E-state index in [0.717, 1.165) is 24.2 Å². The minimum absolute atomic E-state index is 0.273. The molecule has 1 N–H and O–H groups in total. The highest BCUT2D eigenvalue weighted by atomic mass is 19.1. The van der Waals surface area contributed by atoms with Gasteiger partial charge in [0.2, 0.25) is 5.88 Å². The van der Waals surface area contributed by atoms with E-state index in [1.54, 1.807) is 12.1 Å². The summed E-state index contributed by atoms with van der Waals surface area (Å²) in [5.41, 5.74) is 1.15. The van der Waals surface area contributed by atoms with Crippen molar-refractivity contribution in [1.29, 1.82) is 0 Å². The molecule has 0 radical (unpaired) electrons. The molecule has 0 spiro atoms. The molecule has 0 aliphatic carbocycles. The fourth-order valence-electron chi connectivity index (χ4n) is 4.24. The number of fused-ring (bicyclic) bond motifs is 2. The maximum atomic E-state index is 12.9. The summed E-state index contributed by atoms with van der Waals surface area (Å²) < 4.78 is 18.6. The van der Waals surface area contributed by atoms with Crippen LogP contribution >= 0.6 is 0 Å². The van der Waals surface area contributed by atoms with Crippen LogP contribution in [-0.4, -0.2) is 35.1 Å². The smallest absolute Gasteiger partial charge is 0.219 e. The van der Waals surface area contributed by atoms with E-state index >= 15 is 0 Å². The predicted molar refractivity (Wildman–Crippen MR) is 99.8 cm³/mol. The number of hydrogen-bond donors (Lipinski definition) is 1. The number of nitrogens with one attached hydrogen (secondary N) is 1. The lowest BCUT2D eigenvalue weighted by molar-refractivity contribution is 0.0482. The average molecular weight is 355 g/mol. The first-order chi connectivity index (χ1) is 12.7. The van der Waals surface area contributed by atoms with Crippen molar-refractivity contribution in [2.24, 2.45) is 0 Å². The molecule has 0 amide bonds. The van der Waals surface area contributed by atoms with Crippen molar-refractivity contribution >= 4 is 0 Å². The van der Waals surface area contributed by atoms with E-state index < -0.39 is 0 Å². The van der Waals surface area contributed by atoms with Crippen molar-refractivity contribution in [2.75, 3.05) is 7.05 Å². The number of aromatic nitrogens is 1. The fraction of sp³-hybridized carbons (Fsp3) is 0.476. The third-order valence-corrected chi connectivity index (χ3v) is 5.77. The number of ether oxygens (including phenoxy) is 1. The van der Waals surface area contributed by atoms with E-state index in [-0.39, 0.29) is 5.82 Å². The molecule has 3 heterocycles. The molecule has 138 valence electrons. The zero-order valence-electron chi connectivity index (χ0n) is 15.2. The van der Waals surface area contributed by atoms with Gasteiger partial charge in [-0.1, -0.05) is 12.5 Å². The van der Waals surface area contributed by atoms with Crippen molar-refractivity contribution in [2.45, 2.75) is 56.8 Å². The van der Waals surface area contributed by atoms with Gasteiger partial charge < -0.3 is 15.0 Å². The van der Waals surface area contributed by atoms with E-state index in [4.69, 9.17) is 4.74 Å². The Kier molecular flexibility index (Phi) is 5.18. The van der Waals surface area contributed by atoms with Crippen LogP contribution in [-0.2, 0) is 6.54 Å². The molecule has 2 aliphatic rings. The first kappa shape index (κ1) is 17.4. The molecule has 2 saturated heterocycles. The normalized spacial score (nSPS) is 25.8. The molecular formula is C21H26FN3O. The molecule has 2 bridgehead atoms. The zero-order valence-corrected chi connectivity index (χ0v) is 15.2. The Hall–Kier alpha value is -1.98. The van der Waals surface area contributed by atoms with Crippen LogP contribution in [0.1, 0.15) is 37.7 Å². The Morgan fingerprint density at radius 1 is 1.12 bits per heavy atom. The Balaban J connectivity index is 1.30. The van der Waals surface area contributed by atoms with Crippen LogP contribution in [0.2, 0.25) is 0 Å². The van der Waals surface area contributed by atoms with Gasteiger partial charge >= 0.3 is 0 Å². The number of nitrogens with zero attached hydrogens (tertiary/aromatic N) is 2. The summed E-state index contributed by atoms with van der Waals surface area (Å²) in [7, 11) is 2.29. The first-order valence-electron chi connectivity index (χ1n) is 9.51. The van der Waals surface area contributed by atoms with Crippen molar-refractivity contribution in [3.05, 3.63) is 54.0 Å². The molecular weight excluding hydrogens is 329 g/mol. The number of rotatable bonds is 5. The van der Waals surface area contributed by atoms with Gasteiger partial charge in [-0.15, -0.1) is 0 Å². The molecule has 1 aromatic carbocycles. The van der Waals surface area contributed by atoms with Gasteiger partial charge in [0.05, 0.1) is 0 Å². The van der Waals surface area contributed by atoms with E-state index in [0.29, 0.717) is 17.7 Å². The van der Waals surface area contributed by atoms with Gasteiger partial charge in [-0.05, 0) is 62.6 Å². The van der Waals surface area contributed by atoms with Crippen molar-refractivity contribution in [3.8, 4) is 11.6 Å². The Morgan fingerprint density at radius 3 is 2.50 bits per heavy atom. The fourth-order valence-corrected chi connectivity index (χ4v) is 4.24. The third-order valence-electron chi connectivity index (χ3n) is 5.77. The molecule has 26 heavy (non-hydrogen) atoms. The molecule has 1 aromatic heterocycles. The maximum absolute atomic E-state index is 12.9. The summed E-state index contributed by atoms with van der Waals surface area (Å²) in [5, 5.41) is 3.71. The molecule has 2 aromatic rings. The topological polar surface area (TPSA) is 37.4 Å². The number of hydrogen-bond acceptors (Lipinski definition) is 4. The molecule has 4 rings (SSSR count). The van der Waals surface area contributed by atoms with Crippen LogP contribution in [0.4, 0.5) is 4.39 Å². The van der Waals surface area contributed by atoms with Gasteiger partial charge in [0.15, 0.2) is 0 Å². The van der Waals surface area contributed by atoms with Gasteiger partial charge in [0.1, 0.15) is 11.6 Å². The summed E-state index contributed by atoms with van der Waals surface area (Å²) in [4.78, 5) is 6.95. The summed E-state index contributed by atoms with van der Waals surface area (Å²) in [5.74, 6) is 0.835. The van der Waals surface area contributed by atoms with Crippen molar-refractivity contribution in [3.63, 3.8) is 0 Å². The Morgan fingerprint density at radius 2 is 1.85 bits per heavy atom. The van der Waals surface area contributed by atoms with Crippen molar-refractivity contribution < 1.29 is 9.13 Å². The SMILES string of the molecule is CN1C2CCCC1CC(NCc1ccc(Oc3ccc(F)cc3)nc1)C2. The van der Waals surface area contributed by atoms with E-state index in [1.807, 2.05) is 18.3 Å². The lowest BCUT2D eigenvalue weighted by Crippen LogP contribution is -2.54. The molecule has 5 heteroatoms. The van der Waals surface area contributed by atoms with Gasteiger partial charge in [0.25, 0.3) is 0 Å². The molecule has 0 saturated carbocycles. The van der Waals surface area contributed by atoms with Gasteiger partial charge in [-0.3, -0.25) is 0 Å². The van der Waals surface area contributed by atoms with Crippen LogP contribution in [0.5, 0.6) is 11.6 Å². The summed E-state index contributed by atoms with van der Waals surface area (Å²) >= 11 is 0. The van der Waals surface area contributed by atoms with E-state index in [1.165, 1.54) is 44.2 Å². The van der Waals surface area contributed by atoms with Crippen LogP contribution in [0.3, 0.4) is 0 Å². The monoisotopic (exact) mass is 355 g/mol. The second-order valence-corrected chi connectivity index (χ2v) is 7.51. The van der Waals surface area contributed by atoms with Crippen LogP contribution in [0.15, 0.2) is 42.6 Å². The van der Waals surface area contributed by atoms with Gasteiger partial charge in [0, 0.05) is 36.9 Å². The zero-order chi connectivity index (χ0) is 17.9. The van der Waals surface area contributed by atoms with Crippen LogP contribution in [0, 0.1) is 5.82 Å². The number of benzene rings is 1. The lowest BCUT2D eigenvalue weighted by atomic mass is 9.82. The molecule has 2 atom stereocenters. The summed E-state index contributed by atoms with van der Waals surface area (Å²) in [6.07, 6.45) is 8.39. The molecule has 2 aliphatic heterocycles. The molecule has 2 unspecified atom stereocenters. The highest BCUT2D eigenvalue weighted by Gasteiger charge is 2.35. The summed E-state index contributed by atoms with van der Waals surface area (Å²) in [6, 6.07) is 11.9. The standard InChI is InChI=1S/C21H26FN3O/c1-25-18-3-2-4-19(25)12-17(11-18)23-13-15-5-10-21(24-14-15)26-20-8-6-16(22)7-9-20/h5-10,14,17-19,23H,2-4,11-13H2,1H3. The average Bonchev–Trinajstić information content (AvgIpc) is 2.63. The first-order valence-corrected chi connectivity index (χ1v) is 9.51. The largest absolute Gasteiger partial charge is 0.439 e. The maximum Gasteiger partial charge on any atom is 0.219 e. The lowest BCUT2D eigenvalue weighted by Gasteiger charge is -2.47. The Bertz CT molecular complexity index is 705. The number of piperidine rings is 2. The predicted octanol–water partition coefficient (Wildman–Crippen LogP) is 4.12. The minimum atomic E-state index is -0.273. The van der Waals surface area contributed by atoms with Crippen molar-refractivity contribution in [1.82, 2.24) is 15.2 Å². The number of pyridine rings is 1. The van der Waals surface area contributed by atoms with Crippen LogP contribution in [0.25, 0.3) is 0 Å². The second-order valence-electron chi connectivity index (χ2n) is 7.51. The molecule has 2 fully saturated rings. The highest BCUT2D eigenvalue weighted by molar-refractivity contribution is 5.28.